The van der Waals surface area contributed by atoms with Crippen LogP contribution in [0.5, 0.6) is 0 Å². The Labute approximate surface area is 84.5 Å². The highest BCUT2D eigenvalue weighted by atomic mass is 32.1. The topological polar surface area (TPSA) is 60.4 Å². The Morgan fingerprint density at radius 2 is 2.00 bits per heavy atom. The minimum Gasteiger partial charge on any atom is -0.463 e. The third-order valence-electron chi connectivity index (χ3n) is 1.62. The van der Waals surface area contributed by atoms with E-state index in [0.29, 0.717) is 0 Å². The fraction of sp³-hybridized carbons (Fsp3) is 0.222. The molecule has 0 saturated carbocycles. The molecule has 0 amide bonds. The number of carbonyl (C=O) groups is 3. The molecule has 14 heavy (non-hydrogen) atoms. The van der Waals surface area contributed by atoms with Crippen LogP contribution in [-0.2, 0) is 9.53 Å². The summed E-state index contributed by atoms with van der Waals surface area (Å²) in [4.78, 5) is 33.4. The maximum Gasteiger partial charge on any atom is 0.380 e. The molecule has 0 fully saturated rings. The van der Waals surface area contributed by atoms with Crippen LogP contribution in [0.4, 0.5) is 0 Å². The van der Waals surface area contributed by atoms with Crippen LogP contribution in [0.2, 0.25) is 0 Å². The summed E-state index contributed by atoms with van der Waals surface area (Å²) in [6, 6.07) is 1.52. The van der Waals surface area contributed by atoms with Crippen molar-refractivity contribution >= 4 is 28.9 Å². The fourth-order valence-corrected chi connectivity index (χ4v) is 1.82. The Kier molecular flexibility index (Phi) is 3.14. The SMILES string of the molecule is COC(=O)C(=O)c1sccc1C(C)=O. The molecule has 0 saturated heterocycles. The quantitative estimate of drug-likeness (QED) is 0.430. The lowest BCUT2D eigenvalue weighted by atomic mass is 10.1. The molecule has 1 heterocycles. The lowest BCUT2D eigenvalue weighted by Crippen LogP contribution is -2.16. The molecule has 74 valence electrons. The highest BCUT2D eigenvalue weighted by Gasteiger charge is 2.22. The van der Waals surface area contributed by atoms with Crippen molar-refractivity contribution in [3.63, 3.8) is 0 Å². The lowest BCUT2D eigenvalue weighted by Gasteiger charge is -1.97. The zero-order chi connectivity index (χ0) is 10.7. The van der Waals surface area contributed by atoms with E-state index in [0.717, 1.165) is 18.4 Å². The molecule has 0 radical (unpaired) electrons. The number of hydrogen-bond acceptors (Lipinski definition) is 5. The van der Waals surface area contributed by atoms with E-state index in [4.69, 9.17) is 0 Å². The van der Waals surface area contributed by atoms with Gasteiger partial charge in [0.25, 0.3) is 5.78 Å². The predicted molar refractivity (Wildman–Crippen MR) is 50.7 cm³/mol. The van der Waals surface area contributed by atoms with Crippen molar-refractivity contribution in [1.82, 2.24) is 0 Å². The molecule has 5 heteroatoms. The van der Waals surface area contributed by atoms with Gasteiger partial charge in [-0.2, -0.15) is 0 Å². The van der Waals surface area contributed by atoms with Crippen molar-refractivity contribution in [1.29, 1.82) is 0 Å². The van der Waals surface area contributed by atoms with Crippen LogP contribution in [-0.4, -0.2) is 24.6 Å². The third-order valence-corrected chi connectivity index (χ3v) is 2.53. The van der Waals surface area contributed by atoms with Crippen molar-refractivity contribution in [3.05, 3.63) is 21.9 Å². The number of methoxy groups -OCH3 is 1. The van der Waals surface area contributed by atoms with Crippen LogP contribution in [0.1, 0.15) is 27.0 Å². The molecule has 1 rings (SSSR count). The third kappa shape index (κ3) is 1.88. The predicted octanol–water partition coefficient (Wildman–Crippen LogP) is 1.31. The summed E-state index contributed by atoms with van der Waals surface area (Å²) < 4.78 is 4.28. The Hall–Kier alpha value is -1.49. The highest BCUT2D eigenvalue weighted by molar-refractivity contribution is 7.13. The monoisotopic (exact) mass is 212 g/mol. The normalized spacial score (nSPS) is 9.57. The minimum absolute atomic E-state index is 0.143. The molecule has 0 bridgehead atoms. The lowest BCUT2D eigenvalue weighted by molar-refractivity contribution is -0.135. The summed E-state index contributed by atoms with van der Waals surface area (Å²) in [5.74, 6) is -1.96. The second-order valence-corrected chi connectivity index (χ2v) is 3.46. The molecule has 0 atom stereocenters. The molecule has 0 N–H and O–H groups in total. The standard InChI is InChI=1S/C9H8O4S/c1-5(10)6-3-4-14-8(6)7(11)9(12)13-2/h3-4H,1-2H3. The van der Waals surface area contributed by atoms with Crippen molar-refractivity contribution in [2.75, 3.05) is 7.11 Å². The molecule has 0 aliphatic rings. The Balaban J connectivity index is 3.07. The fourth-order valence-electron chi connectivity index (χ4n) is 0.948. The van der Waals surface area contributed by atoms with Gasteiger partial charge in [0.1, 0.15) is 0 Å². The smallest absolute Gasteiger partial charge is 0.380 e. The van der Waals surface area contributed by atoms with E-state index < -0.39 is 11.8 Å². The first-order valence-electron chi connectivity index (χ1n) is 3.79. The largest absolute Gasteiger partial charge is 0.463 e. The average molecular weight is 212 g/mol. The van der Waals surface area contributed by atoms with E-state index in [-0.39, 0.29) is 16.2 Å². The van der Waals surface area contributed by atoms with E-state index in [1.807, 2.05) is 0 Å². The maximum absolute atomic E-state index is 11.3. The van der Waals surface area contributed by atoms with Gasteiger partial charge in [0.15, 0.2) is 5.78 Å². The molecule has 1 aromatic heterocycles. The van der Waals surface area contributed by atoms with Gasteiger partial charge in [-0.05, 0) is 18.4 Å². The Bertz CT molecular complexity index is 391. The molecular formula is C9H8O4S. The van der Waals surface area contributed by atoms with Gasteiger partial charge in [0.05, 0.1) is 12.0 Å². The van der Waals surface area contributed by atoms with Crippen molar-refractivity contribution < 1.29 is 19.1 Å². The van der Waals surface area contributed by atoms with Gasteiger partial charge in [-0.15, -0.1) is 11.3 Å². The molecule has 0 aliphatic carbocycles. The number of carbonyl (C=O) groups excluding carboxylic acids is 3. The Morgan fingerprint density at radius 1 is 1.36 bits per heavy atom. The van der Waals surface area contributed by atoms with Gasteiger partial charge < -0.3 is 4.74 Å². The first-order chi connectivity index (χ1) is 6.57. The number of ketones is 2. The second kappa shape index (κ2) is 4.15. The van der Waals surface area contributed by atoms with Gasteiger partial charge in [0, 0.05) is 5.56 Å². The molecule has 0 unspecified atom stereocenters. The number of esters is 1. The minimum atomic E-state index is -0.949. The van der Waals surface area contributed by atoms with E-state index in [1.165, 1.54) is 13.0 Å². The molecule has 0 aliphatic heterocycles. The first-order valence-corrected chi connectivity index (χ1v) is 4.67. The van der Waals surface area contributed by atoms with E-state index in [9.17, 15) is 14.4 Å². The number of Topliss-reactive ketones (excluding diaryl/α,β-unsaturated/α-hetero) is 2. The van der Waals surface area contributed by atoms with Crippen LogP contribution < -0.4 is 0 Å². The number of rotatable bonds is 3. The first kappa shape index (κ1) is 10.6. The molecule has 0 spiro atoms. The van der Waals surface area contributed by atoms with Crippen LogP contribution >= 0.6 is 11.3 Å². The van der Waals surface area contributed by atoms with Gasteiger partial charge in [-0.25, -0.2) is 4.79 Å². The number of thiophene rings is 1. The van der Waals surface area contributed by atoms with Gasteiger partial charge >= 0.3 is 5.97 Å². The van der Waals surface area contributed by atoms with Crippen LogP contribution in [0.15, 0.2) is 11.4 Å². The van der Waals surface area contributed by atoms with Gasteiger partial charge in [-0.1, -0.05) is 0 Å². The summed E-state index contributed by atoms with van der Waals surface area (Å²) in [6.45, 7) is 1.34. The van der Waals surface area contributed by atoms with Crippen LogP contribution in [0.3, 0.4) is 0 Å². The summed E-state index contributed by atoms with van der Waals surface area (Å²) in [6.07, 6.45) is 0. The van der Waals surface area contributed by atoms with E-state index in [1.54, 1.807) is 5.38 Å². The summed E-state index contributed by atoms with van der Waals surface area (Å²) >= 11 is 1.06. The van der Waals surface area contributed by atoms with Gasteiger partial charge in [-0.3, -0.25) is 9.59 Å². The van der Waals surface area contributed by atoms with Crippen LogP contribution in [0.25, 0.3) is 0 Å². The maximum atomic E-state index is 11.3. The Morgan fingerprint density at radius 3 is 2.50 bits per heavy atom. The highest BCUT2D eigenvalue weighted by Crippen LogP contribution is 2.18. The second-order valence-electron chi connectivity index (χ2n) is 2.54. The van der Waals surface area contributed by atoms with Crippen molar-refractivity contribution in [2.24, 2.45) is 0 Å². The van der Waals surface area contributed by atoms with Gasteiger partial charge in [0.2, 0.25) is 0 Å². The summed E-state index contributed by atoms with van der Waals surface area (Å²) in [5, 5.41) is 1.59. The zero-order valence-corrected chi connectivity index (χ0v) is 8.51. The van der Waals surface area contributed by atoms with E-state index in [2.05, 4.69) is 4.74 Å². The summed E-state index contributed by atoms with van der Waals surface area (Å²) in [7, 11) is 1.13. The molecule has 1 aromatic rings. The molecule has 4 nitrogen and oxygen atoms in total. The van der Waals surface area contributed by atoms with Crippen molar-refractivity contribution in [2.45, 2.75) is 6.92 Å². The summed E-state index contributed by atoms with van der Waals surface area (Å²) in [5.41, 5.74) is 0.269. The number of hydrogen-bond donors (Lipinski definition) is 0. The average Bonchev–Trinajstić information content (AvgIpc) is 2.63. The zero-order valence-electron chi connectivity index (χ0n) is 7.70. The van der Waals surface area contributed by atoms with E-state index >= 15 is 0 Å². The molecule has 0 aromatic carbocycles. The molecular weight excluding hydrogens is 204 g/mol. The van der Waals surface area contributed by atoms with Crippen molar-refractivity contribution in [3.8, 4) is 0 Å². The number of ether oxygens (including phenoxy) is 1. The van der Waals surface area contributed by atoms with Crippen LogP contribution in [0, 0.1) is 0 Å².